The molecule has 2 amide bonds. The topological polar surface area (TPSA) is 96.7 Å². The number of carbonyl (C=O) groups excluding carboxylic acids is 2. The second-order valence-corrected chi connectivity index (χ2v) is 9.86. The van der Waals surface area contributed by atoms with Crippen molar-refractivity contribution >= 4 is 46.6 Å². The number of nitrogen functional groups attached to an aromatic ring is 1. The van der Waals surface area contributed by atoms with Gasteiger partial charge in [-0.05, 0) is 60.0 Å². The molecule has 2 bridgehead atoms. The first kappa shape index (κ1) is 25.0. The molecule has 2 fully saturated rings. The Kier molecular flexibility index (Phi) is 7.55. The first-order chi connectivity index (χ1) is 17.9. The molecule has 0 aliphatic carbocycles. The summed E-state index contributed by atoms with van der Waals surface area (Å²) < 4.78 is 5.74. The van der Waals surface area contributed by atoms with Crippen molar-refractivity contribution in [1.82, 2.24) is 4.90 Å². The van der Waals surface area contributed by atoms with E-state index in [9.17, 15) is 9.59 Å². The van der Waals surface area contributed by atoms with E-state index >= 15 is 0 Å². The zero-order valence-electron chi connectivity index (χ0n) is 20.3. The number of halogens is 1. The number of fused-ring (bicyclic) bond motifs is 2. The van der Waals surface area contributed by atoms with Crippen LogP contribution in [0.3, 0.4) is 0 Å². The van der Waals surface area contributed by atoms with Gasteiger partial charge in [0.2, 0.25) is 11.8 Å². The van der Waals surface area contributed by atoms with Crippen LogP contribution in [0, 0.1) is 0 Å². The zero-order chi connectivity index (χ0) is 25.8. The molecule has 0 radical (unpaired) electrons. The maximum absolute atomic E-state index is 13.4. The monoisotopic (exact) mass is 516 g/mol. The average Bonchev–Trinajstić information content (AvgIpc) is 3.53. The predicted octanol–water partition coefficient (Wildman–Crippen LogP) is 4.77. The molecule has 8 heteroatoms. The number of rotatable bonds is 8. The zero-order valence-corrected chi connectivity index (χ0v) is 21.0. The van der Waals surface area contributed by atoms with E-state index in [0.717, 1.165) is 30.7 Å². The van der Waals surface area contributed by atoms with Gasteiger partial charge in [-0.15, -0.1) is 0 Å². The van der Waals surface area contributed by atoms with Crippen molar-refractivity contribution in [3.05, 3.63) is 95.0 Å². The van der Waals surface area contributed by atoms with Crippen molar-refractivity contribution in [2.45, 2.75) is 24.5 Å². The number of likely N-dealkylation sites (tertiary alicyclic amines) is 1. The van der Waals surface area contributed by atoms with Gasteiger partial charge in [0.05, 0.1) is 30.0 Å². The third-order valence-corrected chi connectivity index (χ3v) is 7.10. The van der Waals surface area contributed by atoms with Gasteiger partial charge < -0.3 is 21.1 Å². The minimum absolute atomic E-state index is 0.0749. The summed E-state index contributed by atoms with van der Waals surface area (Å²) in [5, 5.41) is 6.43. The van der Waals surface area contributed by atoms with Crippen molar-refractivity contribution in [3.8, 4) is 0 Å². The first-order valence-electron chi connectivity index (χ1n) is 12.3. The van der Waals surface area contributed by atoms with E-state index in [2.05, 4.69) is 15.5 Å². The Morgan fingerprint density at radius 3 is 2.49 bits per heavy atom. The number of anilines is 3. The lowest BCUT2D eigenvalue weighted by molar-refractivity contribution is -0.118. The number of para-hydroxylation sites is 2. The lowest BCUT2D eigenvalue weighted by atomic mass is 9.95. The number of carbonyl (C=O) groups is 2. The fourth-order valence-corrected chi connectivity index (χ4v) is 4.96. The number of hydrogen-bond acceptors (Lipinski definition) is 5. The Hall–Kier alpha value is -3.65. The summed E-state index contributed by atoms with van der Waals surface area (Å²) in [5.74, 6) is -0.708. The molecule has 0 saturated carbocycles. The molecule has 3 atom stereocenters. The molecule has 7 nitrogen and oxygen atoms in total. The van der Waals surface area contributed by atoms with E-state index in [0.29, 0.717) is 34.7 Å². The Morgan fingerprint density at radius 2 is 1.81 bits per heavy atom. The molecular formula is C29H29ClN4O3. The lowest BCUT2D eigenvalue weighted by Gasteiger charge is -2.30. The van der Waals surface area contributed by atoms with Crippen LogP contribution in [0.4, 0.5) is 17.1 Å². The van der Waals surface area contributed by atoms with Crippen LogP contribution in [0.15, 0.2) is 78.9 Å². The van der Waals surface area contributed by atoms with Crippen LogP contribution in [0.5, 0.6) is 0 Å². The number of nitrogens with one attached hydrogen (secondary N) is 2. The summed E-state index contributed by atoms with van der Waals surface area (Å²) >= 11 is 6.00. The quantitative estimate of drug-likeness (QED) is 0.296. The van der Waals surface area contributed by atoms with Crippen molar-refractivity contribution in [3.63, 3.8) is 0 Å². The van der Waals surface area contributed by atoms with Crippen molar-refractivity contribution < 1.29 is 14.3 Å². The van der Waals surface area contributed by atoms with Crippen LogP contribution in [0.1, 0.15) is 23.5 Å². The van der Waals surface area contributed by atoms with Crippen LogP contribution in [0.2, 0.25) is 5.02 Å². The average molecular weight is 517 g/mol. The van der Waals surface area contributed by atoms with Gasteiger partial charge in [-0.25, -0.2) is 0 Å². The third-order valence-electron chi connectivity index (χ3n) is 6.84. The van der Waals surface area contributed by atoms with Gasteiger partial charge in [-0.2, -0.15) is 0 Å². The standard InChI is InChI=1S/C29H29ClN4O3/c30-21-10-12-22(13-11-21)32-29(36)25(17-34-16-24-15-23(34)18-37-24)20-8-5-19(6-9-20)7-14-28(35)33-27-4-2-1-3-26(27)31/h1-14,23-25H,15-18,31H2,(H,32,36)(H,33,35). The summed E-state index contributed by atoms with van der Waals surface area (Å²) in [6.45, 7) is 2.17. The summed E-state index contributed by atoms with van der Waals surface area (Å²) in [4.78, 5) is 28.1. The lowest BCUT2D eigenvalue weighted by Crippen LogP contribution is -2.42. The van der Waals surface area contributed by atoms with Gasteiger partial charge in [0.1, 0.15) is 0 Å². The largest absolute Gasteiger partial charge is 0.397 e. The Morgan fingerprint density at radius 1 is 1.05 bits per heavy atom. The summed E-state index contributed by atoms with van der Waals surface area (Å²) in [5.41, 5.74) is 9.44. The molecule has 5 rings (SSSR count). The van der Waals surface area contributed by atoms with E-state index in [1.165, 1.54) is 6.08 Å². The fourth-order valence-electron chi connectivity index (χ4n) is 4.84. The number of nitrogens with two attached hydrogens (primary N) is 1. The van der Waals surface area contributed by atoms with E-state index in [1.807, 2.05) is 36.4 Å². The van der Waals surface area contributed by atoms with E-state index < -0.39 is 0 Å². The molecule has 2 aliphatic heterocycles. The number of morpholine rings is 1. The summed E-state index contributed by atoms with van der Waals surface area (Å²) in [6.07, 6.45) is 4.48. The Labute approximate surface area is 221 Å². The molecule has 2 heterocycles. The number of benzene rings is 3. The molecule has 2 aliphatic rings. The number of amides is 2. The highest BCUT2D eigenvalue weighted by Crippen LogP contribution is 2.31. The van der Waals surface area contributed by atoms with Crippen LogP contribution in [0.25, 0.3) is 6.08 Å². The molecule has 3 aromatic rings. The molecule has 2 saturated heterocycles. The van der Waals surface area contributed by atoms with Gasteiger partial charge in [-0.1, -0.05) is 48.0 Å². The first-order valence-corrected chi connectivity index (χ1v) is 12.7. The van der Waals surface area contributed by atoms with Crippen molar-refractivity contribution in [2.24, 2.45) is 0 Å². The Bertz CT molecular complexity index is 1290. The maximum atomic E-state index is 13.4. The van der Waals surface area contributed by atoms with E-state index in [-0.39, 0.29) is 23.8 Å². The van der Waals surface area contributed by atoms with E-state index in [1.54, 1.807) is 42.5 Å². The van der Waals surface area contributed by atoms with Crippen LogP contribution >= 0.6 is 11.6 Å². The maximum Gasteiger partial charge on any atom is 0.248 e. The number of ether oxygens (including phenoxy) is 1. The number of hydrogen-bond donors (Lipinski definition) is 3. The van der Waals surface area contributed by atoms with Gasteiger partial charge in [0.15, 0.2) is 0 Å². The van der Waals surface area contributed by atoms with Crippen LogP contribution in [-0.4, -0.2) is 48.6 Å². The van der Waals surface area contributed by atoms with E-state index in [4.69, 9.17) is 22.1 Å². The minimum atomic E-state index is -0.364. The summed E-state index contributed by atoms with van der Waals surface area (Å²) in [7, 11) is 0. The minimum Gasteiger partial charge on any atom is -0.397 e. The SMILES string of the molecule is Nc1ccccc1NC(=O)C=Cc1ccc(C(CN2CC3CC2CO3)C(=O)Nc2ccc(Cl)cc2)cc1. The van der Waals surface area contributed by atoms with Gasteiger partial charge in [0, 0.05) is 35.9 Å². The second-order valence-electron chi connectivity index (χ2n) is 9.42. The molecular weight excluding hydrogens is 488 g/mol. The molecule has 190 valence electrons. The van der Waals surface area contributed by atoms with Crippen molar-refractivity contribution in [2.75, 3.05) is 36.1 Å². The molecule has 0 aromatic heterocycles. The third kappa shape index (κ3) is 6.20. The van der Waals surface area contributed by atoms with Crippen LogP contribution in [-0.2, 0) is 14.3 Å². The predicted molar refractivity (Wildman–Crippen MR) is 148 cm³/mol. The highest BCUT2D eigenvalue weighted by atomic mass is 35.5. The second kappa shape index (κ2) is 11.2. The highest BCUT2D eigenvalue weighted by molar-refractivity contribution is 6.30. The van der Waals surface area contributed by atoms with Gasteiger partial charge in [-0.3, -0.25) is 14.5 Å². The smallest absolute Gasteiger partial charge is 0.248 e. The molecule has 0 spiro atoms. The molecule has 37 heavy (non-hydrogen) atoms. The fraction of sp³-hybridized carbons (Fsp3) is 0.241. The Balaban J connectivity index is 1.29. The molecule has 3 unspecified atom stereocenters. The van der Waals surface area contributed by atoms with Gasteiger partial charge in [0.25, 0.3) is 0 Å². The molecule has 4 N–H and O–H groups in total. The van der Waals surface area contributed by atoms with Crippen molar-refractivity contribution in [1.29, 1.82) is 0 Å². The normalized spacial score (nSPS) is 19.7. The van der Waals surface area contributed by atoms with Gasteiger partial charge >= 0.3 is 0 Å². The number of nitrogens with zero attached hydrogens (tertiary/aromatic N) is 1. The highest BCUT2D eigenvalue weighted by Gasteiger charge is 2.40. The summed E-state index contributed by atoms with van der Waals surface area (Å²) in [6, 6.07) is 22.3. The molecule has 3 aromatic carbocycles. The van der Waals surface area contributed by atoms with Crippen LogP contribution < -0.4 is 16.4 Å².